The molecule has 2 aromatic carbocycles. The van der Waals surface area contributed by atoms with Gasteiger partial charge in [-0.15, -0.1) is 0 Å². The van der Waals surface area contributed by atoms with E-state index in [9.17, 15) is 14.4 Å². The van der Waals surface area contributed by atoms with Crippen LogP contribution in [0.25, 0.3) is 28.2 Å². The highest BCUT2D eigenvalue weighted by molar-refractivity contribution is 6.05. The highest BCUT2D eigenvalue weighted by Crippen LogP contribution is 2.44. The second-order valence-corrected chi connectivity index (χ2v) is 12.1. The van der Waals surface area contributed by atoms with Crippen LogP contribution in [0.2, 0.25) is 0 Å². The standard InChI is InChI=1S/C35H38N4O5/c1-38-18-16-35(17-19-38,34(43)36-27-11-7-23(8-12-27)9-14-30(40)41)37-33(42)25-10-13-28-29(21-25)39(2)32(26-15-20-44-22-26)31(28)24-5-3-4-6-24/h7-15,20-22,24H,3-6,16-19H2,1-2H3,(H,36,43)(H,37,42)(H,40,41)/b14-9+. The molecule has 3 heterocycles. The number of nitrogens with one attached hydrogen (secondary N) is 2. The van der Waals surface area contributed by atoms with Crippen molar-refractivity contribution in [3.63, 3.8) is 0 Å². The third-order valence-electron chi connectivity index (χ3n) is 9.27. The highest BCUT2D eigenvalue weighted by Gasteiger charge is 2.42. The number of piperidine rings is 1. The summed E-state index contributed by atoms with van der Waals surface area (Å²) in [5.41, 5.74) is 5.18. The molecular weight excluding hydrogens is 556 g/mol. The van der Waals surface area contributed by atoms with Crippen molar-refractivity contribution in [1.82, 2.24) is 14.8 Å². The molecule has 2 amide bonds. The van der Waals surface area contributed by atoms with Crippen molar-refractivity contribution in [3.05, 3.63) is 83.8 Å². The third-order valence-corrected chi connectivity index (χ3v) is 9.27. The summed E-state index contributed by atoms with van der Waals surface area (Å²) in [6, 6.07) is 14.8. The minimum atomic E-state index is -1.08. The average Bonchev–Trinajstić information content (AvgIpc) is 3.79. The predicted octanol–water partition coefficient (Wildman–Crippen LogP) is 6.03. The first-order valence-corrected chi connectivity index (χ1v) is 15.2. The number of nitrogens with zero attached hydrogens (tertiary/aromatic N) is 2. The molecule has 1 saturated carbocycles. The molecule has 1 saturated heterocycles. The van der Waals surface area contributed by atoms with Crippen molar-refractivity contribution in [2.75, 3.05) is 25.5 Å². The molecule has 6 rings (SSSR count). The minimum absolute atomic E-state index is 0.265. The molecule has 2 aliphatic rings. The summed E-state index contributed by atoms with van der Waals surface area (Å²) in [4.78, 5) is 40.7. The Morgan fingerprint density at radius 3 is 2.39 bits per heavy atom. The number of amides is 2. The van der Waals surface area contributed by atoms with Gasteiger partial charge in [-0.25, -0.2) is 4.79 Å². The molecule has 9 nitrogen and oxygen atoms in total. The molecule has 1 aliphatic carbocycles. The largest absolute Gasteiger partial charge is 0.478 e. The fraction of sp³-hybridized carbons (Fsp3) is 0.343. The van der Waals surface area contributed by atoms with Gasteiger partial charge < -0.3 is 29.6 Å². The van der Waals surface area contributed by atoms with E-state index in [4.69, 9.17) is 9.52 Å². The van der Waals surface area contributed by atoms with Gasteiger partial charge >= 0.3 is 5.97 Å². The summed E-state index contributed by atoms with van der Waals surface area (Å²) < 4.78 is 7.61. The molecule has 0 radical (unpaired) electrons. The van der Waals surface area contributed by atoms with Gasteiger partial charge in [-0.2, -0.15) is 0 Å². The molecular formula is C35H38N4O5. The number of fused-ring (bicyclic) bond motifs is 1. The van der Waals surface area contributed by atoms with E-state index in [-0.39, 0.29) is 11.8 Å². The number of aromatic nitrogens is 1. The van der Waals surface area contributed by atoms with Gasteiger partial charge in [0.15, 0.2) is 0 Å². The molecule has 1 aliphatic heterocycles. The maximum absolute atomic E-state index is 13.9. The molecule has 228 valence electrons. The number of carboxylic acid groups (broad SMARTS) is 1. The fourth-order valence-corrected chi connectivity index (χ4v) is 6.78. The first-order chi connectivity index (χ1) is 21.2. The Kier molecular flexibility index (Phi) is 8.14. The van der Waals surface area contributed by atoms with Gasteiger partial charge in [-0.05, 0) is 86.2 Å². The molecule has 0 spiro atoms. The maximum atomic E-state index is 13.9. The zero-order chi connectivity index (χ0) is 30.8. The zero-order valence-corrected chi connectivity index (χ0v) is 25.1. The zero-order valence-electron chi connectivity index (χ0n) is 25.1. The van der Waals surface area contributed by atoms with Gasteiger partial charge in [0, 0.05) is 53.9 Å². The number of hydrogen-bond donors (Lipinski definition) is 3. The fourth-order valence-electron chi connectivity index (χ4n) is 6.78. The molecule has 2 fully saturated rings. The summed E-state index contributed by atoms with van der Waals surface area (Å²) in [6.45, 7) is 1.34. The summed E-state index contributed by atoms with van der Waals surface area (Å²) in [5.74, 6) is -1.11. The lowest BCUT2D eigenvalue weighted by Gasteiger charge is -2.40. The SMILES string of the molecule is CN1CCC(NC(=O)c2ccc3c(C4CCCC4)c(-c4ccoc4)n(C)c3c2)(C(=O)Nc2ccc(/C=C/C(=O)O)cc2)CC1. The number of aliphatic carboxylic acids is 1. The summed E-state index contributed by atoms with van der Waals surface area (Å²) in [7, 11) is 4.05. The van der Waals surface area contributed by atoms with Crippen LogP contribution < -0.4 is 10.6 Å². The van der Waals surface area contributed by atoms with Crippen LogP contribution in [0.5, 0.6) is 0 Å². The molecule has 4 aromatic rings. The van der Waals surface area contributed by atoms with Crippen molar-refractivity contribution in [1.29, 1.82) is 0 Å². The summed E-state index contributed by atoms with van der Waals surface area (Å²) in [5, 5.41) is 16.2. The van der Waals surface area contributed by atoms with E-state index in [0.29, 0.717) is 48.7 Å². The quantitative estimate of drug-likeness (QED) is 0.215. The van der Waals surface area contributed by atoms with Crippen LogP contribution in [0, 0.1) is 0 Å². The van der Waals surface area contributed by atoms with Gasteiger partial charge in [0.25, 0.3) is 5.91 Å². The third kappa shape index (κ3) is 5.79. The lowest BCUT2D eigenvalue weighted by Crippen LogP contribution is -2.61. The molecule has 0 unspecified atom stereocenters. The lowest BCUT2D eigenvalue weighted by atomic mass is 9.86. The number of carbonyl (C=O) groups is 3. The molecule has 0 atom stereocenters. The number of anilines is 1. The predicted molar refractivity (Wildman–Crippen MR) is 170 cm³/mol. The minimum Gasteiger partial charge on any atom is -0.478 e. The lowest BCUT2D eigenvalue weighted by molar-refractivity contribution is -0.131. The number of carbonyl (C=O) groups excluding carboxylic acids is 2. The van der Waals surface area contributed by atoms with Gasteiger partial charge in [-0.1, -0.05) is 31.0 Å². The van der Waals surface area contributed by atoms with Crippen LogP contribution >= 0.6 is 0 Å². The number of likely N-dealkylation sites (tertiary alicyclic amines) is 1. The van der Waals surface area contributed by atoms with Gasteiger partial charge in [0.2, 0.25) is 5.91 Å². The van der Waals surface area contributed by atoms with E-state index in [1.807, 2.05) is 32.3 Å². The van der Waals surface area contributed by atoms with Crippen LogP contribution in [0.15, 0.2) is 71.6 Å². The molecule has 0 bridgehead atoms. The van der Waals surface area contributed by atoms with E-state index >= 15 is 0 Å². The second kappa shape index (κ2) is 12.2. The highest BCUT2D eigenvalue weighted by atomic mass is 16.4. The number of carboxylic acids is 1. The van der Waals surface area contributed by atoms with Crippen molar-refractivity contribution in [3.8, 4) is 11.3 Å². The van der Waals surface area contributed by atoms with Gasteiger partial charge in [0.05, 0.1) is 18.2 Å². The first-order valence-electron chi connectivity index (χ1n) is 15.2. The van der Waals surface area contributed by atoms with Crippen LogP contribution in [0.4, 0.5) is 5.69 Å². The number of furan rings is 1. The Hall–Kier alpha value is -4.63. The normalized spacial score (nSPS) is 17.3. The van der Waals surface area contributed by atoms with E-state index in [1.165, 1.54) is 24.5 Å². The van der Waals surface area contributed by atoms with Gasteiger partial charge in [0.1, 0.15) is 5.54 Å². The second-order valence-electron chi connectivity index (χ2n) is 12.1. The molecule has 44 heavy (non-hydrogen) atoms. The Morgan fingerprint density at radius 2 is 1.73 bits per heavy atom. The van der Waals surface area contributed by atoms with Crippen LogP contribution in [-0.2, 0) is 16.6 Å². The number of benzene rings is 2. The van der Waals surface area contributed by atoms with Crippen molar-refractivity contribution >= 4 is 40.4 Å². The molecule has 3 N–H and O–H groups in total. The Morgan fingerprint density at radius 1 is 1.00 bits per heavy atom. The summed E-state index contributed by atoms with van der Waals surface area (Å²) in [6.07, 6.45) is 11.7. The average molecular weight is 595 g/mol. The Bertz CT molecular complexity index is 1700. The smallest absolute Gasteiger partial charge is 0.328 e. The Labute approximate surface area is 256 Å². The van der Waals surface area contributed by atoms with E-state index in [0.717, 1.165) is 41.1 Å². The van der Waals surface area contributed by atoms with E-state index in [2.05, 4.69) is 26.2 Å². The first kappa shape index (κ1) is 29.4. The monoisotopic (exact) mass is 594 g/mol. The summed E-state index contributed by atoms with van der Waals surface area (Å²) >= 11 is 0. The van der Waals surface area contributed by atoms with Crippen molar-refractivity contribution in [2.45, 2.75) is 50.0 Å². The number of aryl methyl sites for hydroxylation is 1. The molecule has 9 heteroatoms. The van der Waals surface area contributed by atoms with Gasteiger partial charge in [-0.3, -0.25) is 9.59 Å². The Balaban J connectivity index is 1.28. The molecule has 2 aromatic heterocycles. The van der Waals surface area contributed by atoms with E-state index in [1.54, 1.807) is 36.8 Å². The van der Waals surface area contributed by atoms with Crippen molar-refractivity contribution < 1.29 is 23.9 Å². The maximum Gasteiger partial charge on any atom is 0.328 e. The van der Waals surface area contributed by atoms with Crippen molar-refractivity contribution in [2.24, 2.45) is 7.05 Å². The van der Waals surface area contributed by atoms with Crippen LogP contribution in [-0.4, -0.2) is 58.0 Å². The number of rotatable bonds is 8. The topological polar surface area (TPSA) is 117 Å². The van der Waals surface area contributed by atoms with Crippen LogP contribution in [0.3, 0.4) is 0 Å². The van der Waals surface area contributed by atoms with E-state index < -0.39 is 11.5 Å². The van der Waals surface area contributed by atoms with Crippen LogP contribution in [0.1, 0.15) is 65.9 Å². The number of hydrogen-bond acceptors (Lipinski definition) is 5.